The lowest BCUT2D eigenvalue weighted by Crippen LogP contribution is -2.18. The van der Waals surface area contributed by atoms with Gasteiger partial charge in [-0.3, -0.25) is 4.99 Å². The third-order valence-corrected chi connectivity index (χ3v) is 3.65. The van der Waals surface area contributed by atoms with Crippen LogP contribution in [0.25, 0.3) is 0 Å². The van der Waals surface area contributed by atoms with E-state index < -0.39 is 11.9 Å². The Hall–Kier alpha value is -1.23. The molecule has 124 valence electrons. The summed E-state index contributed by atoms with van der Waals surface area (Å²) < 4.78 is 4.95. The Morgan fingerprint density at radius 1 is 1.32 bits per heavy atom. The first kappa shape index (κ1) is 18.8. The van der Waals surface area contributed by atoms with Crippen LogP contribution in [0, 0.1) is 5.92 Å². The average Bonchev–Trinajstić information content (AvgIpc) is 2.45. The maximum atomic E-state index is 9.79. The Balaban J connectivity index is 2.49. The summed E-state index contributed by atoms with van der Waals surface area (Å²) >= 11 is 0. The van der Waals surface area contributed by atoms with E-state index in [1.54, 1.807) is 0 Å². The molecule has 2 N–H and O–H groups in total. The van der Waals surface area contributed by atoms with E-state index in [-0.39, 0.29) is 0 Å². The second-order valence-corrected chi connectivity index (χ2v) is 6.50. The van der Waals surface area contributed by atoms with Crippen molar-refractivity contribution in [3.63, 3.8) is 0 Å². The molecule has 0 radical (unpaired) electrons. The van der Waals surface area contributed by atoms with Crippen molar-refractivity contribution in [3.8, 4) is 0 Å². The molecule has 1 aromatic rings. The number of aliphatic hydroxyl groups is 2. The molecule has 4 heteroatoms. The number of nitrogens with zero attached hydrogens (tertiary/aromatic N) is 1. The molecular formula is C18H29NO3. The summed E-state index contributed by atoms with van der Waals surface area (Å²) in [6.07, 6.45) is 4.73. The zero-order valence-electron chi connectivity index (χ0n) is 14.1. The molecule has 2 atom stereocenters. The van der Waals surface area contributed by atoms with Crippen LogP contribution < -0.4 is 0 Å². The number of benzene rings is 1. The Bertz CT molecular complexity index is 466. The quantitative estimate of drug-likeness (QED) is 0.535. The van der Waals surface area contributed by atoms with Crippen LogP contribution in [0.2, 0.25) is 0 Å². The smallest absolute Gasteiger partial charge is 0.182 e. The van der Waals surface area contributed by atoms with Gasteiger partial charge >= 0.3 is 0 Å². The van der Waals surface area contributed by atoms with Gasteiger partial charge in [0.05, 0.1) is 11.3 Å². The highest BCUT2D eigenvalue weighted by atomic mass is 16.6. The molecule has 0 aliphatic rings. The molecule has 0 aliphatic heterocycles. The number of para-hydroxylation sites is 1. The first-order valence-electron chi connectivity index (χ1n) is 7.88. The summed E-state index contributed by atoms with van der Waals surface area (Å²) in [6, 6.07) is 7.43. The lowest BCUT2D eigenvalue weighted by atomic mass is 9.95. The van der Waals surface area contributed by atoms with Crippen molar-refractivity contribution >= 4 is 11.9 Å². The molecule has 2 unspecified atom stereocenters. The first-order chi connectivity index (χ1) is 10.3. The summed E-state index contributed by atoms with van der Waals surface area (Å²) in [5, 5.41) is 19.5. The number of hydrogen-bond donors (Lipinski definition) is 2. The molecule has 0 amide bonds. The number of rotatable bonds is 9. The first-order valence-corrected chi connectivity index (χ1v) is 7.88. The van der Waals surface area contributed by atoms with Gasteiger partial charge in [0, 0.05) is 18.9 Å². The highest BCUT2D eigenvalue weighted by Crippen LogP contribution is 2.25. The Labute approximate surface area is 133 Å². The Morgan fingerprint density at radius 3 is 2.64 bits per heavy atom. The molecule has 0 spiro atoms. The van der Waals surface area contributed by atoms with Crippen LogP contribution in [-0.4, -0.2) is 29.1 Å². The van der Waals surface area contributed by atoms with Crippen molar-refractivity contribution in [2.24, 2.45) is 10.9 Å². The summed E-state index contributed by atoms with van der Waals surface area (Å²) in [5.41, 5.74) is 0.833. The normalized spacial score (nSPS) is 15.2. The van der Waals surface area contributed by atoms with E-state index >= 15 is 0 Å². The fourth-order valence-electron chi connectivity index (χ4n) is 2.27. The number of aliphatic hydroxyl groups excluding tert-OH is 1. The van der Waals surface area contributed by atoms with Gasteiger partial charge in [0.15, 0.2) is 6.29 Å². The third-order valence-electron chi connectivity index (χ3n) is 3.65. The molecule has 0 heterocycles. The second-order valence-electron chi connectivity index (χ2n) is 6.50. The van der Waals surface area contributed by atoms with Crippen molar-refractivity contribution in [2.45, 2.75) is 58.3 Å². The highest BCUT2D eigenvalue weighted by molar-refractivity contribution is 5.65. The highest BCUT2D eigenvalue weighted by Gasteiger charge is 2.13. The standard InChI is InChI=1S/C18H29NO3/c1-14(8-7-12-18(2,3)21)11-13-19-16-10-6-5-9-15(16)17(20)22-4/h5-6,9-10,13-14,17,20-21H,7-8,11-12H2,1-4H3. The lowest BCUT2D eigenvalue weighted by molar-refractivity contribution is -0.0764. The van der Waals surface area contributed by atoms with E-state index in [2.05, 4.69) is 11.9 Å². The van der Waals surface area contributed by atoms with Gasteiger partial charge in [-0.05, 0) is 38.7 Å². The summed E-state index contributed by atoms with van der Waals surface area (Å²) in [6.45, 7) is 5.88. The van der Waals surface area contributed by atoms with Gasteiger partial charge in [0.1, 0.15) is 0 Å². The maximum Gasteiger partial charge on any atom is 0.182 e. The van der Waals surface area contributed by atoms with Gasteiger partial charge in [0.25, 0.3) is 0 Å². The predicted octanol–water partition coefficient (Wildman–Crippen LogP) is 3.99. The second kappa shape index (κ2) is 9.03. The van der Waals surface area contributed by atoms with Gasteiger partial charge in [0.2, 0.25) is 0 Å². The molecule has 4 nitrogen and oxygen atoms in total. The van der Waals surface area contributed by atoms with E-state index in [0.29, 0.717) is 11.5 Å². The summed E-state index contributed by atoms with van der Waals surface area (Å²) in [5.74, 6) is 0.519. The zero-order chi connectivity index (χ0) is 16.6. The molecule has 0 aliphatic carbocycles. The predicted molar refractivity (Wildman–Crippen MR) is 90.5 cm³/mol. The molecule has 22 heavy (non-hydrogen) atoms. The third kappa shape index (κ3) is 7.16. The van der Waals surface area contributed by atoms with Crippen molar-refractivity contribution < 1.29 is 14.9 Å². The molecule has 0 bridgehead atoms. The molecule has 1 rings (SSSR count). The van der Waals surface area contributed by atoms with Crippen LogP contribution >= 0.6 is 0 Å². The van der Waals surface area contributed by atoms with Crippen molar-refractivity contribution in [1.29, 1.82) is 0 Å². The van der Waals surface area contributed by atoms with Crippen LogP contribution in [0.5, 0.6) is 0 Å². The zero-order valence-corrected chi connectivity index (χ0v) is 14.1. The van der Waals surface area contributed by atoms with Crippen LogP contribution in [0.15, 0.2) is 29.3 Å². The average molecular weight is 307 g/mol. The lowest BCUT2D eigenvalue weighted by Gasteiger charge is -2.17. The van der Waals surface area contributed by atoms with Crippen molar-refractivity contribution in [2.75, 3.05) is 7.11 Å². The van der Waals surface area contributed by atoms with Crippen LogP contribution in [0.4, 0.5) is 5.69 Å². The minimum Gasteiger partial charge on any atom is -0.390 e. The number of aliphatic imine (C=N–C) groups is 1. The van der Waals surface area contributed by atoms with Gasteiger partial charge in [-0.15, -0.1) is 0 Å². The topological polar surface area (TPSA) is 62.0 Å². The summed E-state index contributed by atoms with van der Waals surface area (Å²) in [7, 11) is 1.47. The molecule has 0 aromatic heterocycles. The maximum absolute atomic E-state index is 9.79. The SMILES string of the molecule is COC(O)c1ccccc1N=CCC(C)CCCC(C)(C)O. The van der Waals surface area contributed by atoms with Crippen molar-refractivity contribution in [3.05, 3.63) is 29.8 Å². The van der Waals surface area contributed by atoms with Gasteiger partial charge in [-0.25, -0.2) is 0 Å². The number of hydrogen-bond acceptors (Lipinski definition) is 4. The van der Waals surface area contributed by atoms with Gasteiger partial charge in [-0.2, -0.15) is 0 Å². The van der Waals surface area contributed by atoms with E-state index in [0.717, 1.165) is 31.4 Å². The molecule has 0 saturated heterocycles. The summed E-state index contributed by atoms with van der Waals surface area (Å²) in [4.78, 5) is 4.46. The van der Waals surface area contributed by atoms with Crippen LogP contribution in [-0.2, 0) is 4.74 Å². The Kier molecular flexibility index (Phi) is 7.73. The van der Waals surface area contributed by atoms with E-state index in [1.165, 1.54) is 7.11 Å². The van der Waals surface area contributed by atoms with Crippen LogP contribution in [0.1, 0.15) is 58.3 Å². The van der Waals surface area contributed by atoms with E-state index in [9.17, 15) is 10.2 Å². The minimum atomic E-state index is -0.947. The van der Waals surface area contributed by atoms with E-state index in [1.807, 2.05) is 44.3 Å². The fourth-order valence-corrected chi connectivity index (χ4v) is 2.27. The minimum absolute atomic E-state index is 0.519. The fraction of sp³-hybridized carbons (Fsp3) is 0.611. The molecular weight excluding hydrogens is 278 g/mol. The van der Waals surface area contributed by atoms with E-state index in [4.69, 9.17) is 4.74 Å². The monoisotopic (exact) mass is 307 g/mol. The number of ether oxygens (including phenoxy) is 1. The molecule has 0 saturated carbocycles. The van der Waals surface area contributed by atoms with Gasteiger partial charge in [-0.1, -0.05) is 38.0 Å². The largest absolute Gasteiger partial charge is 0.390 e. The number of methoxy groups -OCH3 is 1. The molecule has 1 aromatic carbocycles. The van der Waals surface area contributed by atoms with Gasteiger partial charge < -0.3 is 14.9 Å². The van der Waals surface area contributed by atoms with Crippen molar-refractivity contribution in [1.82, 2.24) is 0 Å². The van der Waals surface area contributed by atoms with Crippen LogP contribution in [0.3, 0.4) is 0 Å². The molecule has 0 fully saturated rings. The Morgan fingerprint density at radius 2 is 2.00 bits per heavy atom.